The summed E-state index contributed by atoms with van der Waals surface area (Å²) in [5, 5.41) is 4.43. The summed E-state index contributed by atoms with van der Waals surface area (Å²) < 4.78 is 12.7. The monoisotopic (exact) mass is 523 g/mol. The molecule has 1 N–H and O–H groups in total. The van der Waals surface area contributed by atoms with Gasteiger partial charge in [0, 0.05) is 23.7 Å². The van der Waals surface area contributed by atoms with Gasteiger partial charge in [-0.2, -0.15) is 4.98 Å². The smallest absolute Gasteiger partial charge is 0.377 e. The number of aromatic nitrogens is 6. The van der Waals surface area contributed by atoms with Crippen LogP contribution in [0.1, 0.15) is 39.5 Å². The zero-order valence-corrected chi connectivity index (χ0v) is 21.7. The first kappa shape index (κ1) is 24.1. The molecule has 4 aromatic rings. The number of nitrogens with zero attached hydrogens (tertiary/aromatic N) is 6. The summed E-state index contributed by atoms with van der Waals surface area (Å²) in [6.45, 7) is 7.36. The lowest BCUT2D eigenvalue weighted by Gasteiger charge is -2.35. The van der Waals surface area contributed by atoms with Crippen molar-refractivity contribution in [3.05, 3.63) is 39.8 Å². The number of fused-ring (bicyclic) bond motifs is 1. The Morgan fingerprint density at radius 1 is 1.14 bits per heavy atom. The summed E-state index contributed by atoms with van der Waals surface area (Å²) >= 11 is 6.40. The van der Waals surface area contributed by atoms with Crippen molar-refractivity contribution in [2.24, 2.45) is 11.8 Å². The fourth-order valence-electron chi connectivity index (χ4n) is 5.48. The van der Waals surface area contributed by atoms with Crippen molar-refractivity contribution in [1.82, 2.24) is 29.7 Å². The van der Waals surface area contributed by atoms with Crippen molar-refractivity contribution in [2.75, 3.05) is 24.7 Å². The van der Waals surface area contributed by atoms with Crippen molar-refractivity contribution in [3.8, 4) is 22.9 Å². The van der Waals surface area contributed by atoms with E-state index in [2.05, 4.69) is 33.5 Å². The highest BCUT2D eigenvalue weighted by Gasteiger charge is 2.30. The van der Waals surface area contributed by atoms with Gasteiger partial charge in [-0.3, -0.25) is 9.51 Å². The minimum Gasteiger partial charge on any atom is -0.377 e. The highest BCUT2D eigenvalue weighted by Crippen LogP contribution is 2.36. The first-order valence-electron chi connectivity index (χ1n) is 12.9. The molecular weight excluding hydrogens is 494 g/mol. The van der Waals surface area contributed by atoms with Crippen molar-refractivity contribution in [1.29, 1.82) is 0 Å². The molecule has 1 aromatic carbocycles. The van der Waals surface area contributed by atoms with E-state index in [1.807, 2.05) is 24.3 Å². The number of hydrogen-bond acceptors (Lipinski definition) is 8. The molecule has 37 heavy (non-hydrogen) atoms. The van der Waals surface area contributed by atoms with E-state index >= 15 is 0 Å². The average molecular weight is 524 g/mol. The largest absolute Gasteiger partial charge is 0.439 e. The van der Waals surface area contributed by atoms with Crippen LogP contribution >= 0.6 is 11.6 Å². The molecule has 1 saturated carbocycles. The van der Waals surface area contributed by atoms with E-state index in [0.29, 0.717) is 35.5 Å². The molecule has 1 unspecified atom stereocenters. The molecule has 1 saturated heterocycles. The summed E-state index contributed by atoms with van der Waals surface area (Å²) in [4.78, 5) is 31.2. The quantitative estimate of drug-likeness (QED) is 0.405. The maximum atomic E-state index is 11.7. The predicted octanol–water partition coefficient (Wildman–Crippen LogP) is 4.54. The van der Waals surface area contributed by atoms with E-state index in [1.165, 1.54) is 25.7 Å². The van der Waals surface area contributed by atoms with Crippen LogP contribution in [-0.2, 0) is 11.3 Å². The SMILES string of the molecule is CC1CCC(Cn2c(N3CCOCC3C)nc3nc(-c4noc(=O)[nH]4)nc(-c4cccc(Cl)c4)c32)CC1. The minimum absolute atomic E-state index is 0.160. The Kier molecular flexibility index (Phi) is 6.46. The fraction of sp³-hybridized carbons (Fsp3) is 0.500. The molecule has 0 bridgehead atoms. The highest BCUT2D eigenvalue weighted by atomic mass is 35.5. The van der Waals surface area contributed by atoms with Crippen LogP contribution in [0.4, 0.5) is 5.95 Å². The van der Waals surface area contributed by atoms with Crippen LogP contribution in [0, 0.1) is 11.8 Å². The molecule has 1 aliphatic carbocycles. The zero-order valence-electron chi connectivity index (χ0n) is 21.0. The summed E-state index contributed by atoms with van der Waals surface area (Å²) in [5.41, 5.74) is 2.92. The van der Waals surface area contributed by atoms with Crippen LogP contribution in [0.2, 0.25) is 5.02 Å². The number of morpholine rings is 1. The normalized spacial score (nSPS) is 22.6. The summed E-state index contributed by atoms with van der Waals surface area (Å²) in [6.07, 6.45) is 4.85. The van der Waals surface area contributed by atoms with Crippen molar-refractivity contribution >= 4 is 28.7 Å². The Morgan fingerprint density at radius 3 is 2.70 bits per heavy atom. The molecule has 10 nitrogen and oxygen atoms in total. The maximum Gasteiger partial charge on any atom is 0.439 e. The minimum atomic E-state index is -0.664. The third-order valence-corrected chi connectivity index (χ3v) is 7.77. The van der Waals surface area contributed by atoms with Crippen LogP contribution in [0.25, 0.3) is 34.1 Å². The summed E-state index contributed by atoms with van der Waals surface area (Å²) in [7, 11) is 0. The van der Waals surface area contributed by atoms with Crippen molar-refractivity contribution in [2.45, 2.75) is 52.1 Å². The van der Waals surface area contributed by atoms with Crippen LogP contribution in [0.5, 0.6) is 0 Å². The number of imidazole rings is 1. The Labute approximate surface area is 219 Å². The Hall–Kier alpha value is -3.24. The van der Waals surface area contributed by atoms with E-state index in [-0.39, 0.29) is 17.7 Å². The van der Waals surface area contributed by atoms with E-state index in [9.17, 15) is 4.79 Å². The lowest BCUT2D eigenvalue weighted by atomic mass is 9.83. The van der Waals surface area contributed by atoms with Gasteiger partial charge in [0.1, 0.15) is 11.2 Å². The molecule has 1 aliphatic heterocycles. The number of hydrogen-bond donors (Lipinski definition) is 1. The van der Waals surface area contributed by atoms with E-state index in [4.69, 9.17) is 35.8 Å². The van der Waals surface area contributed by atoms with Crippen LogP contribution in [-0.4, -0.2) is 55.5 Å². The first-order chi connectivity index (χ1) is 18.0. The molecule has 0 spiro atoms. The first-order valence-corrected chi connectivity index (χ1v) is 13.3. The Balaban J connectivity index is 1.58. The number of benzene rings is 1. The van der Waals surface area contributed by atoms with Crippen molar-refractivity contribution < 1.29 is 9.26 Å². The van der Waals surface area contributed by atoms with Gasteiger partial charge in [0.25, 0.3) is 0 Å². The molecule has 2 aliphatic rings. The number of ether oxygens (including phenoxy) is 1. The Morgan fingerprint density at radius 2 is 1.97 bits per heavy atom. The van der Waals surface area contributed by atoms with E-state index in [1.54, 1.807) is 0 Å². The lowest BCUT2D eigenvalue weighted by Crippen LogP contribution is -2.45. The molecule has 6 rings (SSSR count). The van der Waals surface area contributed by atoms with Gasteiger partial charge in [-0.1, -0.05) is 48.7 Å². The molecule has 194 valence electrons. The molecule has 11 heteroatoms. The van der Waals surface area contributed by atoms with Crippen LogP contribution in [0.15, 0.2) is 33.6 Å². The second-order valence-corrected chi connectivity index (χ2v) is 10.7. The molecular formula is C26H30ClN7O3. The van der Waals surface area contributed by atoms with Gasteiger partial charge >= 0.3 is 5.76 Å². The zero-order chi connectivity index (χ0) is 25.5. The second kappa shape index (κ2) is 9.90. The second-order valence-electron chi connectivity index (χ2n) is 10.3. The molecule has 0 amide bonds. The fourth-order valence-corrected chi connectivity index (χ4v) is 5.67. The molecule has 0 radical (unpaired) electrons. The topological polar surface area (TPSA) is 115 Å². The molecule has 2 fully saturated rings. The van der Waals surface area contributed by atoms with Gasteiger partial charge in [-0.25, -0.2) is 14.8 Å². The average Bonchev–Trinajstić information content (AvgIpc) is 3.49. The van der Waals surface area contributed by atoms with E-state index < -0.39 is 5.76 Å². The predicted molar refractivity (Wildman–Crippen MR) is 141 cm³/mol. The molecule has 4 heterocycles. The van der Waals surface area contributed by atoms with Crippen LogP contribution < -0.4 is 10.7 Å². The third-order valence-electron chi connectivity index (χ3n) is 7.53. The summed E-state index contributed by atoms with van der Waals surface area (Å²) in [6, 6.07) is 7.76. The summed E-state index contributed by atoms with van der Waals surface area (Å²) in [5.74, 6) is 1.92. The van der Waals surface area contributed by atoms with Gasteiger partial charge in [0.05, 0.1) is 19.3 Å². The van der Waals surface area contributed by atoms with Gasteiger partial charge in [-0.15, -0.1) is 0 Å². The standard InChI is InChI=1S/C26H30ClN7O3/c1-15-6-8-17(9-7-15)13-34-21-20(18-4-3-5-19(27)12-18)28-23(24-31-26(35)37-32-24)29-22(21)30-25(34)33-10-11-36-14-16(33)2/h3-5,12,15-17H,6-11,13-14H2,1-2H3,(H,31,32,35). The number of anilines is 1. The molecule has 3 aromatic heterocycles. The third kappa shape index (κ3) is 4.75. The lowest BCUT2D eigenvalue weighted by molar-refractivity contribution is 0.0976. The van der Waals surface area contributed by atoms with Crippen molar-refractivity contribution in [3.63, 3.8) is 0 Å². The number of halogens is 1. The number of rotatable bonds is 5. The highest BCUT2D eigenvalue weighted by molar-refractivity contribution is 6.30. The van der Waals surface area contributed by atoms with E-state index in [0.717, 1.165) is 36.0 Å². The van der Waals surface area contributed by atoms with Gasteiger partial charge in [0.15, 0.2) is 5.65 Å². The van der Waals surface area contributed by atoms with Crippen LogP contribution in [0.3, 0.4) is 0 Å². The van der Waals surface area contributed by atoms with Gasteiger partial charge in [0.2, 0.25) is 17.6 Å². The number of aromatic amines is 1. The maximum absolute atomic E-state index is 11.7. The number of H-pyrrole nitrogens is 1. The molecule has 1 atom stereocenters. The number of nitrogens with one attached hydrogen (secondary N) is 1. The van der Waals surface area contributed by atoms with Gasteiger partial charge in [-0.05, 0) is 43.7 Å². The van der Waals surface area contributed by atoms with Gasteiger partial charge < -0.3 is 14.2 Å². The Bertz CT molecular complexity index is 1470.